The number of hydrogen-bond donors (Lipinski definition) is 1. The molecule has 0 aliphatic carbocycles. The standard InChI is InChI=1S/C22H25N3O4S/c1-15-6-5-7-18(12-15)23-22(27)21-14-17-13-19(8-9-20(17)25(21)16(2)26)30(28,29)24-10-3-4-11-24/h5-9,12-13,21H,3-4,10-11,14H2,1-2H3,(H,23,27)/t21-/m1/s1. The zero-order valence-corrected chi connectivity index (χ0v) is 17.9. The topological polar surface area (TPSA) is 86.8 Å². The summed E-state index contributed by atoms with van der Waals surface area (Å²) in [6.07, 6.45) is 2.00. The van der Waals surface area contributed by atoms with Crippen molar-refractivity contribution in [1.29, 1.82) is 0 Å². The molecule has 0 spiro atoms. The first-order valence-electron chi connectivity index (χ1n) is 10.1. The van der Waals surface area contributed by atoms with Crippen LogP contribution in [0.3, 0.4) is 0 Å². The molecule has 2 aromatic rings. The molecule has 1 fully saturated rings. The zero-order chi connectivity index (χ0) is 21.5. The van der Waals surface area contributed by atoms with Crippen molar-refractivity contribution in [3.8, 4) is 0 Å². The van der Waals surface area contributed by atoms with Crippen LogP contribution >= 0.6 is 0 Å². The Morgan fingerprint density at radius 3 is 2.47 bits per heavy atom. The van der Waals surface area contributed by atoms with Crippen LogP contribution < -0.4 is 10.2 Å². The second-order valence-corrected chi connectivity index (χ2v) is 9.81. The van der Waals surface area contributed by atoms with E-state index in [4.69, 9.17) is 0 Å². The quantitative estimate of drug-likeness (QED) is 0.813. The Kier molecular flexibility index (Phi) is 5.38. The van der Waals surface area contributed by atoms with Gasteiger partial charge in [-0.25, -0.2) is 8.42 Å². The zero-order valence-electron chi connectivity index (χ0n) is 17.1. The van der Waals surface area contributed by atoms with E-state index in [1.54, 1.807) is 18.2 Å². The van der Waals surface area contributed by atoms with E-state index in [-0.39, 0.29) is 23.1 Å². The van der Waals surface area contributed by atoms with Gasteiger partial charge in [0.1, 0.15) is 6.04 Å². The Labute approximate surface area is 176 Å². The summed E-state index contributed by atoms with van der Waals surface area (Å²) in [7, 11) is -3.56. The van der Waals surface area contributed by atoms with Crippen molar-refractivity contribution in [2.45, 2.75) is 44.0 Å². The first-order valence-corrected chi connectivity index (χ1v) is 11.5. The van der Waals surface area contributed by atoms with Gasteiger partial charge >= 0.3 is 0 Å². The summed E-state index contributed by atoms with van der Waals surface area (Å²) >= 11 is 0. The van der Waals surface area contributed by atoms with E-state index in [1.807, 2.05) is 25.1 Å². The van der Waals surface area contributed by atoms with Crippen LogP contribution in [0, 0.1) is 6.92 Å². The van der Waals surface area contributed by atoms with Crippen molar-refractivity contribution in [3.05, 3.63) is 53.6 Å². The van der Waals surface area contributed by atoms with Gasteiger partial charge in [-0.2, -0.15) is 4.31 Å². The van der Waals surface area contributed by atoms with Crippen LogP contribution in [-0.2, 0) is 26.0 Å². The summed E-state index contributed by atoms with van der Waals surface area (Å²) < 4.78 is 27.3. The SMILES string of the molecule is CC(=O)N1c2ccc(S(=O)(=O)N3CCCC3)cc2C[C@@H]1C(=O)Nc1cccc(C)c1. The third-order valence-corrected chi connectivity index (χ3v) is 7.56. The molecule has 0 aromatic heterocycles. The maximum atomic E-state index is 13.0. The van der Waals surface area contributed by atoms with Gasteiger partial charge in [-0.05, 0) is 61.2 Å². The number of nitrogens with one attached hydrogen (secondary N) is 1. The molecule has 30 heavy (non-hydrogen) atoms. The fraction of sp³-hybridized carbons (Fsp3) is 0.364. The number of carbonyl (C=O) groups excluding carboxylic acids is 2. The van der Waals surface area contributed by atoms with Crippen molar-refractivity contribution >= 4 is 33.2 Å². The van der Waals surface area contributed by atoms with Crippen LogP contribution in [0.25, 0.3) is 0 Å². The third kappa shape index (κ3) is 3.73. The van der Waals surface area contributed by atoms with E-state index >= 15 is 0 Å². The maximum absolute atomic E-state index is 13.0. The molecule has 0 saturated carbocycles. The Hall–Kier alpha value is -2.71. The van der Waals surface area contributed by atoms with Gasteiger partial charge in [0.15, 0.2) is 0 Å². The van der Waals surface area contributed by atoms with Crippen molar-refractivity contribution in [2.24, 2.45) is 0 Å². The lowest BCUT2D eigenvalue weighted by molar-refractivity contribution is -0.122. The lowest BCUT2D eigenvalue weighted by Crippen LogP contribution is -2.44. The molecule has 4 rings (SSSR count). The smallest absolute Gasteiger partial charge is 0.247 e. The van der Waals surface area contributed by atoms with Gasteiger partial charge in [-0.3, -0.25) is 14.5 Å². The van der Waals surface area contributed by atoms with Gasteiger partial charge in [-0.15, -0.1) is 0 Å². The largest absolute Gasteiger partial charge is 0.324 e. The van der Waals surface area contributed by atoms with Crippen molar-refractivity contribution in [2.75, 3.05) is 23.3 Å². The lowest BCUT2D eigenvalue weighted by atomic mass is 10.1. The third-order valence-electron chi connectivity index (χ3n) is 5.67. The second kappa shape index (κ2) is 7.85. The van der Waals surface area contributed by atoms with Crippen LogP contribution in [0.4, 0.5) is 11.4 Å². The van der Waals surface area contributed by atoms with Gasteiger partial charge in [0.25, 0.3) is 0 Å². The van der Waals surface area contributed by atoms with E-state index in [0.29, 0.717) is 30.0 Å². The molecule has 1 atom stereocenters. The molecule has 2 aliphatic rings. The van der Waals surface area contributed by atoms with Crippen LogP contribution in [0.1, 0.15) is 30.9 Å². The first-order chi connectivity index (χ1) is 14.3. The van der Waals surface area contributed by atoms with E-state index in [1.165, 1.54) is 22.2 Å². The van der Waals surface area contributed by atoms with Gasteiger partial charge < -0.3 is 5.32 Å². The average molecular weight is 428 g/mol. The highest BCUT2D eigenvalue weighted by Gasteiger charge is 2.38. The van der Waals surface area contributed by atoms with Gasteiger partial charge in [-0.1, -0.05) is 12.1 Å². The van der Waals surface area contributed by atoms with E-state index in [0.717, 1.165) is 18.4 Å². The van der Waals surface area contributed by atoms with Crippen molar-refractivity contribution in [1.82, 2.24) is 4.31 Å². The van der Waals surface area contributed by atoms with Gasteiger partial charge in [0.2, 0.25) is 21.8 Å². The molecule has 0 bridgehead atoms. The monoisotopic (exact) mass is 427 g/mol. The van der Waals surface area contributed by atoms with Crippen molar-refractivity contribution in [3.63, 3.8) is 0 Å². The number of hydrogen-bond acceptors (Lipinski definition) is 4. The van der Waals surface area contributed by atoms with Crippen LogP contribution in [0.5, 0.6) is 0 Å². The molecule has 2 heterocycles. The average Bonchev–Trinajstić information content (AvgIpc) is 3.35. The van der Waals surface area contributed by atoms with Crippen LogP contribution in [0.15, 0.2) is 47.4 Å². The molecule has 1 saturated heterocycles. The first kappa shape index (κ1) is 20.6. The van der Waals surface area contributed by atoms with Crippen molar-refractivity contribution < 1.29 is 18.0 Å². The number of anilines is 2. The number of fused-ring (bicyclic) bond motifs is 1. The number of rotatable bonds is 4. The number of carbonyl (C=O) groups is 2. The maximum Gasteiger partial charge on any atom is 0.247 e. The Balaban J connectivity index is 1.62. The minimum atomic E-state index is -3.56. The molecule has 0 unspecified atom stereocenters. The minimum Gasteiger partial charge on any atom is -0.324 e. The lowest BCUT2D eigenvalue weighted by Gasteiger charge is -2.23. The molecule has 0 radical (unpaired) electrons. The normalized spacial score (nSPS) is 19.0. The summed E-state index contributed by atoms with van der Waals surface area (Å²) in [5, 5.41) is 2.87. The number of benzene rings is 2. The highest BCUT2D eigenvalue weighted by atomic mass is 32.2. The molecular formula is C22H25N3O4S. The van der Waals surface area contributed by atoms with E-state index < -0.39 is 16.1 Å². The molecule has 2 aromatic carbocycles. The fourth-order valence-corrected chi connectivity index (χ4v) is 5.78. The molecule has 1 N–H and O–H groups in total. The molecule has 158 valence electrons. The minimum absolute atomic E-state index is 0.214. The van der Waals surface area contributed by atoms with E-state index in [2.05, 4.69) is 5.32 Å². The number of amides is 2. The summed E-state index contributed by atoms with van der Waals surface area (Å²) in [5.41, 5.74) is 2.96. The molecule has 7 nitrogen and oxygen atoms in total. The Morgan fingerprint density at radius 1 is 1.07 bits per heavy atom. The predicted octanol–water partition coefficient (Wildman–Crippen LogP) is 2.70. The van der Waals surface area contributed by atoms with Gasteiger partial charge in [0, 0.05) is 37.8 Å². The Morgan fingerprint density at radius 2 is 1.80 bits per heavy atom. The molecule has 8 heteroatoms. The number of sulfonamides is 1. The van der Waals surface area contributed by atoms with Crippen LogP contribution in [-0.4, -0.2) is 43.7 Å². The molecule has 2 aliphatic heterocycles. The highest BCUT2D eigenvalue weighted by Crippen LogP contribution is 2.35. The van der Waals surface area contributed by atoms with Crippen LogP contribution in [0.2, 0.25) is 0 Å². The summed E-state index contributed by atoms with van der Waals surface area (Å²) in [6, 6.07) is 11.5. The molecule has 2 amide bonds. The predicted molar refractivity (Wildman–Crippen MR) is 115 cm³/mol. The molecular weight excluding hydrogens is 402 g/mol. The fourth-order valence-electron chi connectivity index (χ4n) is 4.21. The number of nitrogens with zero attached hydrogens (tertiary/aromatic N) is 2. The summed E-state index contributed by atoms with van der Waals surface area (Å²) in [5.74, 6) is -0.552. The van der Waals surface area contributed by atoms with Gasteiger partial charge in [0.05, 0.1) is 4.90 Å². The summed E-state index contributed by atoms with van der Waals surface area (Å²) in [4.78, 5) is 27.0. The summed E-state index contributed by atoms with van der Waals surface area (Å²) in [6.45, 7) is 4.41. The highest BCUT2D eigenvalue weighted by molar-refractivity contribution is 7.89. The second-order valence-electron chi connectivity index (χ2n) is 7.87. The Bertz CT molecular complexity index is 1110. The van der Waals surface area contributed by atoms with E-state index in [9.17, 15) is 18.0 Å². The number of aryl methyl sites for hydroxylation is 1.